The van der Waals surface area contributed by atoms with Gasteiger partial charge in [-0.3, -0.25) is 0 Å². The number of fused-ring (bicyclic) bond motifs is 1. The molecule has 0 aliphatic rings. The van der Waals surface area contributed by atoms with Crippen LogP contribution in [0, 0.1) is 6.92 Å². The molecule has 8 heteroatoms. The Labute approximate surface area is 118 Å². The van der Waals surface area contributed by atoms with Gasteiger partial charge < -0.3 is 10.1 Å². The van der Waals surface area contributed by atoms with Crippen molar-refractivity contribution in [1.29, 1.82) is 0 Å². The number of hydrogen-bond acceptors (Lipinski definition) is 4. The molecule has 0 bridgehead atoms. The van der Waals surface area contributed by atoms with E-state index in [-0.39, 0.29) is 10.6 Å². The molecule has 3 aromatic rings. The Bertz CT molecular complexity index is 794. The standard InChI is InChI=1S/C12H10ClN5O2/c1-6-9-10(13)8(12(19)20)3-15-11(9)18(17-6)4-7-2-14-5-16-7/h2-3,5H,4H2,1H3,(H,14,16)(H,19,20). The van der Waals surface area contributed by atoms with Gasteiger partial charge in [0.1, 0.15) is 0 Å². The number of pyridine rings is 1. The van der Waals surface area contributed by atoms with Crippen molar-refractivity contribution in [1.82, 2.24) is 24.7 Å². The molecule has 7 nitrogen and oxygen atoms in total. The molecule has 2 N–H and O–H groups in total. The summed E-state index contributed by atoms with van der Waals surface area (Å²) in [6.07, 6.45) is 4.59. The first-order valence-electron chi connectivity index (χ1n) is 5.80. The van der Waals surface area contributed by atoms with Crippen molar-refractivity contribution in [3.63, 3.8) is 0 Å². The number of carbonyl (C=O) groups is 1. The first-order valence-corrected chi connectivity index (χ1v) is 6.18. The van der Waals surface area contributed by atoms with E-state index in [0.29, 0.717) is 23.3 Å². The van der Waals surface area contributed by atoms with Gasteiger partial charge in [0.05, 0.1) is 40.2 Å². The second-order valence-electron chi connectivity index (χ2n) is 4.29. The molecule has 3 aromatic heterocycles. The second-order valence-corrected chi connectivity index (χ2v) is 4.67. The number of carboxylic acid groups (broad SMARTS) is 1. The fourth-order valence-electron chi connectivity index (χ4n) is 2.06. The lowest BCUT2D eigenvalue weighted by molar-refractivity contribution is 0.0697. The average Bonchev–Trinajstić information content (AvgIpc) is 2.99. The molecular weight excluding hydrogens is 282 g/mol. The molecule has 102 valence electrons. The van der Waals surface area contributed by atoms with Gasteiger partial charge in [-0.25, -0.2) is 19.4 Å². The molecule has 0 aliphatic heterocycles. The zero-order chi connectivity index (χ0) is 14.3. The highest BCUT2D eigenvalue weighted by Gasteiger charge is 2.18. The molecule has 20 heavy (non-hydrogen) atoms. The molecule has 0 unspecified atom stereocenters. The van der Waals surface area contributed by atoms with Crippen molar-refractivity contribution in [2.24, 2.45) is 0 Å². The largest absolute Gasteiger partial charge is 0.478 e. The summed E-state index contributed by atoms with van der Waals surface area (Å²) >= 11 is 6.14. The number of imidazole rings is 1. The molecule has 0 aliphatic carbocycles. The number of aromatic nitrogens is 5. The van der Waals surface area contributed by atoms with Crippen LogP contribution in [0.1, 0.15) is 21.7 Å². The van der Waals surface area contributed by atoms with Gasteiger partial charge in [-0.1, -0.05) is 11.6 Å². The predicted molar refractivity (Wildman–Crippen MR) is 71.9 cm³/mol. The molecule has 0 amide bonds. The summed E-state index contributed by atoms with van der Waals surface area (Å²) in [5, 5.41) is 14.1. The lowest BCUT2D eigenvalue weighted by Gasteiger charge is -2.02. The maximum absolute atomic E-state index is 11.1. The van der Waals surface area contributed by atoms with Crippen LogP contribution >= 0.6 is 11.6 Å². The summed E-state index contributed by atoms with van der Waals surface area (Å²) in [5.41, 5.74) is 1.95. The van der Waals surface area contributed by atoms with Crippen LogP contribution in [0.2, 0.25) is 5.02 Å². The van der Waals surface area contributed by atoms with E-state index < -0.39 is 5.97 Å². The van der Waals surface area contributed by atoms with Gasteiger partial charge in [0.25, 0.3) is 0 Å². The highest BCUT2D eigenvalue weighted by molar-refractivity contribution is 6.38. The quantitative estimate of drug-likeness (QED) is 0.768. The topological polar surface area (TPSA) is 96.7 Å². The number of carboxylic acids is 1. The molecule has 0 fully saturated rings. The Hall–Kier alpha value is -2.41. The molecule has 3 rings (SSSR count). The molecule has 0 saturated carbocycles. The van der Waals surface area contributed by atoms with Crippen molar-refractivity contribution >= 4 is 28.6 Å². The fraction of sp³-hybridized carbons (Fsp3) is 0.167. The highest BCUT2D eigenvalue weighted by Crippen LogP contribution is 2.28. The van der Waals surface area contributed by atoms with Gasteiger partial charge in [-0.2, -0.15) is 5.10 Å². The lowest BCUT2D eigenvalue weighted by Crippen LogP contribution is -2.04. The summed E-state index contributed by atoms with van der Waals surface area (Å²) in [5.74, 6) is -1.11. The Morgan fingerprint density at radius 2 is 2.30 bits per heavy atom. The van der Waals surface area contributed by atoms with Gasteiger partial charge in [0.15, 0.2) is 5.65 Å². The summed E-state index contributed by atoms with van der Waals surface area (Å²) in [7, 11) is 0. The van der Waals surface area contributed by atoms with Crippen molar-refractivity contribution in [3.05, 3.63) is 40.7 Å². The van der Waals surface area contributed by atoms with E-state index in [1.165, 1.54) is 6.20 Å². The number of rotatable bonds is 3. The molecule has 0 aromatic carbocycles. The second kappa shape index (κ2) is 4.61. The number of nitrogens with zero attached hydrogens (tertiary/aromatic N) is 4. The lowest BCUT2D eigenvalue weighted by atomic mass is 10.2. The van der Waals surface area contributed by atoms with Gasteiger partial charge >= 0.3 is 5.97 Å². The molecule has 3 heterocycles. The number of aromatic carboxylic acids is 1. The maximum Gasteiger partial charge on any atom is 0.338 e. The third-order valence-electron chi connectivity index (χ3n) is 2.97. The normalized spacial score (nSPS) is 11.1. The van der Waals surface area contributed by atoms with E-state index in [0.717, 1.165) is 5.69 Å². The van der Waals surface area contributed by atoms with E-state index in [1.54, 1.807) is 24.1 Å². The summed E-state index contributed by atoms with van der Waals surface area (Å²) in [4.78, 5) is 22.2. The van der Waals surface area contributed by atoms with Gasteiger partial charge in [0.2, 0.25) is 0 Å². The van der Waals surface area contributed by atoms with Crippen LogP contribution in [0.15, 0.2) is 18.7 Å². The summed E-state index contributed by atoms with van der Waals surface area (Å²) in [6.45, 7) is 2.20. The minimum absolute atomic E-state index is 0.0263. The Morgan fingerprint density at radius 1 is 1.50 bits per heavy atom. The number of H-pyrrole nitrogens is 1. The summed E-state index contributed by atoms with van der Waals surface area (Å²) < 4.78 is 1.65. The third-order valence-corrected chi connectivity index (χ3v) is 3.36. The van der Waals surface area contributed by atoms with Crippen LogP contribution in [0.25, 0.3) is 11.0 Å². The van der Waals surface area contributed by atoms with Crippen molar-refractivity contribution < 1.29 is 9.90 Å². The van der Waals surface area contributed by atoms with Crippen LogP contribution < -0.4 is 0 Å². The Kier molecular flexibility index (Phi) is 2.90. The van der Waals surface area contributed by atoms with Crippen LogP contribution in [0.3, 0.4) is 0 Å². The first-order chi connectivity index (χ1) is 9.58. The maximum atomic E-state index is 11.1. The first kappa shape index (κ1) is 12.6. The number of aromatic amines is 1. The van der Waals surface area contributed by atoms with Crippen LogP contribution in [0.4, 0.5) is 0 Å². The van der Waals surface area contributed by atoms with Gasteiger partial charge in [-0.15, -0.1) is 0 Å². The Morgan fingerprint density at radius 3 is 2.95 bits per heavy atom. The smallest absolute Gasteiger partial charge is 0.338 e. The summed E-state index contributed by atoms with van der Waals surface area (Å²) in [6, 6.07) is 0. The van der Waals surface area contributed by atoms with E-state index in [2.05, 4.69) is 20.1 Å². The zero-order valence-corrected chi connectivity index (χ0v) is 11.2. The SMILES string of the molecule is Cc1nn(Cc2c[nH]cn2)c2ncc(C(=O)O)c(Cl)c12. The Balaban J connectivity index is 2.17. The highest BCUT2D eigenvalue weighted by atomic mass is 35.5. The van der Waals surface area contributed by atoms with Crippen molar-refractivity contribution in [2.45, 2.75) is 13.5 Å². The van der Waals surface area contributed by atoms with E-state index >= 15 is 0 Å². The average molecular weight is 292 g/mol. The van der Waals surface area contributed by atoms with E-state index in [4.69, 9.17) is 16.7 Å². The van der Waals surface area contributed by atoms with Crippen molar-refractivity contribution in [2.75, 3.05) is 0 Å². The molecule has 0 spiro atoms. The van der Waals surface area contributed by atoms with Crippen LogP contribution in [-0.2, 0) is 6.54 Å². The number of halogens is 1. The minimum Gasteiger partial charge on any atom is -0.478 e. The molecule has 0 radical (unpaired) electrons. The minimum atomic E-state index is -1.11. The fourth-order valence-corrected chi connectivity index (χ4v) is 2.42. The van der Waals surface area contributed by atoms with Crippen LogP contribution in [-0.4, -0.2) is 35.8 Å². The van der Waals surface area contributed by atoms with Gasteiger partial charge in [-0.05, 0) is 6.92 Å². The molecule has 0 atom stereocenters. The van der Waals surface area contributed by atoms with E-state index in [1.807, 2.05) is 0 Å². The number of hydrogen-bond donors (Lipinski definition) is 2. The zero-order valence-electron chi connectivity index (χ0n) is 10.5. The van der Waals surface area contributed by atoms with Gasteiger partial charge in [0, 0.05) is 12.4 Å². The van der Waals surface area contributed by atoms with E-state index in [9.17, 15) is 4.79 Å². The number of aryl methyl sites for hydroxylation is 1. The van der Waals surface area contributed by atoms with Crippen molar-refractivity contribution in [3.8, 4) is 0 Å². The predicted octanol–water partition coefficient (Wildman–Crippen LogP) is 1.86. The molecular formula is C12H10ClN5O2. The monoisotopic (exact) mass is 291 g/mol. The van der Waals surface area contributed by atoms with Crippen LogP contribution in [0.5, 0.6) is 0 Å². The molecule has 0 saturated heterocycles. The number of nitrogens with one attached hydrogen (secondary N) is 1. The third kappa shape index (κ3) is 1.92.